The highest BCUT2D eigenvalue weighted by Gasteiger charge is 2.60. The van der Waals surface area contributed by atoms with Crippen LogP contribution in [0.5, 0.6) is 0 Å². The van der Waals surface area contributed by atoms with Gasteiger partial charge in [0.05, 0.1) is 17.4 Å². The third-order valence-electron chi connectivity index (χ3n) is 8.13. The van der Waals surface area contributed by atoms with E-state index in [1.807, 2.05) is 6.20 Å². The average molecular weight is 435 g/mol. The van der Waals surface area contributed by atoms with Gasteiger partial charge >= 0.3 is 0 Å². The van der Waals surface area contributed by atoms with Gasteiger partial charge < -0.3 is 9.47 Å². The van der Waals surface area contributed by atoms with E-state index in [2.05, 4.69) is 84.7 Å². The summed E-state index contributed by atoms with van der Waals surface area (Å²) in [5, 5.41) is 0. The zero-order valence-electron chi connectivity index (χ0n) is 20.3. The highest BCUT2D eigenvalue weighted by molar-refractivity contribution is 5.49. The Labute approximate surface area is 192 Å². The molecule has 0 aromatic carbocycles. The minimum Gasteiger partial charge on any atom is -0.312 e. The van der Waals surface area contributed by atoms with Gasteiger partial charge in [-0.05, 0) is 78.0 Å². The molecule has 3 unspecified atom stereocenters. The lowest BCUT2D eigenvalue weighted by Crippen LogP contribution is -2.48. The Bertz CT molecular complexity index is 996. The lowest BCUT2D eigenvalue weighted by atomic mass is 9.91. The molecule has 1 saturated carbocycles. The summed E-state index contributed by atoms with van der Waals surface area (Å²) in [5.74, 6) is 1.69. The first-order valence-corrected chi connectivity index (χ1v) is 12.3. The van der Waals surface area contributed by atoms with Gasteiger partial charge in [0.25, 0.3) is 0 Å². The number of aromatic nitrogens is 3. The van der Waals surface area contributed by atoms with E-state index in [0.29, 0.717) is 18.0 Å². The van der Waals surface area contributed by atoms with Crippen LogP contribution in [0.2, 0.25) is 0 Å². The summed E-state index contributed by atoms with van der Waals surface area (Å²) in [7, 11) is 6.74. The topological polar surface area (TPSA) is 40.4 Å². The molecule has 0 N–H and O–H groups in total. The first kappa shape index (κ1) is 21.8. The molecule has 0 amide bonds. The third kappa shape index (κ3) is 3.62. The zero-order valence-corrected chi connectivity index (χ0v) is 20.3. The van der Waals surface area contributed by atoms with E-state index in [-0.39, 0.29) is 5.66 Å². The third-order valence-corrected chi connectivity index (χ3v) is 8.13. The standard InChI is InChI=1S/C26H38N6/c1-6-29(3)16-19(2)31(5)26-15-21(26)12-13-24-28-22(18-32(24)26)17-30(4)23-11-7-9-20-10-8-14-27-25(20)23/h8,10,12-14,18-19,21,23H,6-7,9,11,15-17H2,1-5H3/t19?,21?,23-,26?/m0/s1. The molecule has 5 rings (SSSR count). The average Bonchev–Trinajstić information content (AvgIpc) is 3.42. The lowest BCUT2D eigenvalue weighted by Gasteiger charge is -2.38. The zero-order chi connectivity index (χ0) is 22.5. The quantitative estimate of drug-likeness (QED) is 0.633. The number of fused-ring (bicyclic) bond motifs is 4. The van der Waals surface area contributed by atoms with E-state index < -0.39 is 0 Å². The highest BCUT2D eigenvalue weighted by Crippen LogP contribution is 2.56. The maximum Gasteiger partial charge on any atom is 0.134 e. The predicted octanol–water partition coefficient (Wildman–Crippen LogP) is 3.76. The van der Waals surface area contributed by atoms with Crippen molar-refractivity contribution in [3.63, 3.8) is 0 Å². The summed E-state index contributed by atoms with van der Waals surface area (Å²) in [6.07, 6.45) is 13.6. The van der Waals surface area contributed by atoms with Gasteiger partial charge in [-0.15, -0.1) is 0 Å². The molecule has 1 aliphatic heterocycles. The Morgan fingerprint density at radius 2 is 2.12 bits per heavy atom. The fourth-order valence-corrected chi connectivity index (χ4v) is 5.95. The Morgan fingerprint density at radius 3 is 2.94 bits per heavy atom. The normalized spacial score (nSPS) is 26.9. The number of nitrogens with zero attached hydrogens (tertiary/aromatic N) is 6. The first-order chi connectivity index (χ1) is 15.4. The number of pyridine rings is 1. The van der Waals surface area contributed by atoms with Crippen molar-refractivity contribution < 1.29 is 0 Å². The molecule has 1 fully saturated rings. The molecule has 0 bridgehead atoms. The molecular formula is C26H38N6. The van der Waals surface area contributed by atoms with Crippen molar-refractivity contribution in [2.45, 2.75) is 63.8 Å². The van der Waals surface area contributed by atoms with Crippen molar-refractivity contribution in [1.29, 1.82) is 0 Å². The molecular weight excluding hydrogens is 396 g/mol. The van der Waals surface area contributed by atoms with Crippen LogP contribution in [0.4, 0.5) is 0 Å². The summed E-state index contributed by atoms with van der Waals surface area (Å²) in [6, 6.07) is 5.18. The van der Waals surface area contributed by atoms with Crippen LogP contribution in [0.1, 0.15) is 61.9 Å². The second-order valence-corrected chi connectivity index (χ2v) is 10.2. The van der Waals surface area contributed by atoms with Gasteiger partial charge in [0, 0.05) is 37.4 Å². The number of hydrogen-bond donors (Lipinski definition) is 0. The Kier molecular flexibility index (Phi) is 5.72. The summed E-state index contributed by atoms with van der Waals surface area (Å²) < 4.78 is 2.47. The smallest absolute Gasteiger partial charge is 0.134 e. The van der Waals surface area contributed by atoms with Crippen molar-refractivity contribution in [3.8, 4) is 0 Å². The van der Waals surface area contributed by atoms with E-state index in [9.17, 15) is 0 Å². The van der Waals surface area contributed by atoms with Crippen LogP contribution in [0.25, 0.3) is 6.08 Å². The molecule has 2 aromatic heterocycles. The molecule has 3 aliphatic rings. The number of hydrogen-bond acceptors (Lipinski definition) is 5. The van der Waals surface area contributed by atoms with E-state index in [4.69, 9.17) is 9.97 Å². The SMILES string of the molecule is CCN(C)CC(C)N(C)C12CC1C=Cc1nc(CN(C)[C@H]3CCCc4cccnc43)cn12. The maximum atomic E-state index is 5.06. The Hall–Kier alpha value is -2.02. The van der Waals surface area contributed by atoms with Crippen molar-refractivity contribution in [3.05, 3.63) is 53.4 Å². The van der Waals surface area contributed by atoms with Crippen molar-refractivity contribution in [2.75, 3.05) is 34.2 Å². The van der Waals surface area contributed by atoms with Gasteiger partial charge in [0.1, 0.15) is 11.5 Å². The maximum absolute atomic E-state index is 5.06. The van der Waals surface area contributed by atoms with Gasteiger partial charge in [0.2, 0.25) is 0 Å². The summed E-state index contributed by atoms with van der Waals surface area (Å²) >= 11 is 0. The fraction of sp³-hybridized carbons (Fsp3) is 0.615. The fourth-order valence-electron chi connectivity index (χ4n) is 5.95. The Morgan fingerprint density at radius 1 is 1.28 bits per heavy atom. The molecule has 6 nitrogen and oxygen atoms in total. The van der Waals surface area contributed by atoms with Crippen molar-refractivity contribution in [2.24, 2.45) is 5.92 Å². The minimum atomic E-state index is 0.0564. The van der Waals surface area contributed by atoms with Gasteiger partial charge in [-0.2, -0.15) is 0 Å². The van der Waals surface area contributed by atoms with Crippen LogP contribution in [0.3, 0.4) is 0 Å². The van der Waals surface area contributed by atoms with E-state index >= 15 is 0 Å². The first-order valence-electron chi connectivity index (χ1n) is 12.3. The molecule has 0 saturated heterocycles. The molecule has 0 spiro atoms. The predicted molar refractivity (Wildman–Crippen MR) is 129 cm³/mol. The summed E-state index contributed by atoms with van der Waals surface area (Å²) in [5.41, 5.74) is 3.89. The molecule has 32 heavy (non-hydrogen) atoms. The van der Waals surface area contributed by atoms with E-state index in [0.717, 1.165) is 37.6 Å². The molecule has 0 radical (unpaired) electrons. The molecule has 2 aromatic rings. The van der Waals surface area contributed by atoms with Crippen molar-refractivity contribution in [1.82, 2.24) is 29.2 Å². The number of aryl methyl sites for hydroxylation is 1. The van der Waals surface area contributed by atoms with Crippen LogP contribution in [-0.2, 0) is 18.6 Å². The molecule has 172 valence electrons. The molecule has 2 aliphatic carbocycles. The number of likely N-dealkylation sites (N-methyl/N-ethyl adjacent to an activating group) is 2. The number of rotatable bonds is 8. The van der Waals surface area contributed by atoms with Crippen LogP contribution in [0, 0.1) is 5.92 Å². The number of imidazole rings is 1. The van der Waals surface area contributed by atoms with Crippen LogP contribution < -0.4 is 0 Å². The van der Waals surface area contributed by atoms with Gasteiger partial charge in [-0.1, -0.05) is 19.1 Å². The van der Waals surface area contributed by atoms with Gasteiger partial charge in [0.15, 0.2) is 0 Å². The molecule has 4 atom stereocenters. The monoisotopic (exact) mass is 434 g/mol. The minimum absolute atomic E-state index is 0.0564. The van der Waals surface area contributed by atoms with Crippen LogP contribution >= 0.6 is 0 Å². The summed E-state index contributed by atoms with van der Waals surface area (Å²) in [6.45, 7) is 7.60. The summed E-state index contributed by atoms with van der Waals surface area (Å²) in [4.78, 5) is 17.2. The van der Waals surface area contributed by atoms with Gasteiger partial charge in [-0.3, -0.25) is 14.8 Å². The lowest BCUT2D eigenvalue weighted by molar-refractivity contribution is 0.0746. The largest absolute Gasteiger partial charge is 0.312 e. The van der Waals surface area contributed by atoms with Crippen LogP contribution in [-0.4, -0.2) is 69.5 Å². The van der Waals surface area contributed by atoms with E-state index in [1.165, 1.54) is 30.5 Å². The second kappa shape index (κ2) is 8.40. The Balaban J connectivity index is 1.35. The van der Waals surface area contributed by atoms with Crippen LogP contribution in [0.15, 0.2) is 30.6 Å². The molecule has 6 heteroatoms. The second-order valence-electron chi connectivity index (χ2n) is 10.2. The van der Waals surface area contributed by atoms with Gasteiger partial charge in [-0.25, -0.2) is 4.98 Å². The van der Waals surface area contributed by atoms with E-state index in [1.54, 1.807) is 0 Å². The van der Waals surface area contributed by atoms with Crippen molar-refractivity contribution >= 4 is 6.08 Å². The molecule has 3 heterocycles. The highest BCUT2D eigenvalue weighted by atomic mass is 15.4.